The van der Waals surface area contributed by atoms with Crippen molar-refractivity contribution in [3.63, 3.8) is 0 Å². The third-order valence-electron chi connectivity index (χ3n) is 6.86. The number of imidazole rings is 1. The van der Waals surface area contributed by atoms with Gasteiger partial charge in [-0.1, -0.05) is 0 Å². The number of aromatic nitrogens is 4. The van der Waals surface area contributed by atoms with Crippen molar-refractivity contribution in [2.75, 3.05) is 30.8 Å². The maximum absolute atomic E-state index is 15.5. The lowest BCUT2D eigenvalue weighted by atomic mass is 10.1. The number of nitrogens with zero attached hydrogens (tertiary/aromatic N) is 5. The molecule has 3 atom stereocenters. The third-order valence-corrected chi connectivity index (χ3v) is 6.86. The van der Waals surface area contributed by atoms with Gasteiger partial charge in [0.1, 0.15) is 46.7 Å². The molecule has 5 N–H and O–H groups in total. The lowest BCUT2D eigenvalue weighted by Gasteiger charge is -2.39. The number of aliphatic hydroxyl groups excluding tert-OH is 2. The SMILES string of the molecule is C[C@H](O)C(=O)N1C[C@H](c2nc(-c3ccc(C(=O)Nc4cc(C(F)(F)F)ccn4)cc3F)c3c(N)nccn23)OC[C@H]1CO. The van der Waals surface area contributed by atoms with Crippen LogP contribution in [0.5, 0.6) is 0 Å². The highest BCUT2D eigenvalue weighted by Gasteiger charge is 2.37. The number of carbonyl (C=O) groups is 2. The number of halogens is 4. The van der Waals surface area contributed by atoms with Gasteiger partial charge in [0.05, 0.1) is 31.4 Å². The molecule has 12 nitrogen and oxygen atoms in total. The maximum Gasteiger partial charge on any atom is 0.416 e. The van der Waals surface area contributed by atoms with E-state index < -0.39 is 54.2 Å². The summed E-state index contributed by atoms with van der Waals surface area (Å²) in [5.74, 6) is -2.55. The number of anilines is 2. The molecule has 0 aliphatic carbocycles. The summed E-state index contributed by atoms with van der Waals surface area (Å²) in [6.07, 6.45) is -3.03. The molecule has 5 rings (SSSR count). The van der Waals surface area contributed by atoms with Crippen molar-refractivity contribution in [2.24, 2.45) is 0 Å². The number of hydrogen-bond acceptors (Lipinski definition) is 9. The number of hydrogen-bond donors (Lipinski definition) is 4. The molecule has 0 unspecified atom stereocenters. The number of fused-ring (bicyclic) bond motifs is 1. The lowest BCUT2D eigenvalue weighted by Crippen LogP contribution is -2.54. The summed E-state index contributed by atoms with van der Waals surface area (Å²) in [5.41, 5.74) is 5.11. The molecule has 1 saturated heterocycles. The molecule has 2 amide bonds. The van der Waals surface area contributed by atoms with E-state index in [1.54, 1.807) is 0 Å². The number of pyridine rings is 1. The van der Waals surface area contributed by atoms with Gasteiger partial charge in [0.15, 0.2) is 0 Å². The fourth-order valence-electron chi connectivity index (χ4n) is 4.73. The predicted molar refractivity (Wildman–Crippen MR) is 143 cm³/mol. The van der Waals surface area contributed by atoms with Crippen LogP contribution in [0, 0.1) is 5.82 Å². The minimum atomic E-state index is -4.65. The van der Waals surface area contributed by atoms with Crippen molar-refractivity contribution < 1.29 is 42.1 Å². The Kier molecular flexibility index (Phi) is 8.00. The highest BCUT2D eigenvalue weighted by molar-refractivity contribution is 6.04. The molecule has 1 aromatic carbocycles. The van der Waals surface area contributed by atoms with E-state index in [2.05, 4.69) is 20.3 Å². The van der Waals surface area contributed by atoms with Crippen LogP contribution < -0.4 is 11.1 Å². The number of alkyl halides is 3. The first-order chi connectivity index (χ1) is 20.4. The van der Waals surface area contributed by atoms with Crippen LogP contribution in [-0.4, -0.2) is 78.2 Å². The average molecular weight is 604 g/mol. The molecule has 3 aromatic heterocycles. The fourth-order valence-corrected chi connectivity index (χ4v) is 4.73. The summed E-state index contributed by atoms with van der Waals surface area (Å²) in [4.78, 5) is 38.9. The molecule has 4 heterocycles. The summed E-state index contributed by atoms with van der Waals surface area (Å²) < 4.78 is 62.0. The van der Waals surface area contributed by atoms with E-state index in [1.165, 1.54) is 40.8 Å². The zero-order valence-corrected chi connectivity index (χ0v) is 22.4. The third kappa shape index (κ3) is 5.84. The van der Waals surface area contributed by atoms with Crippen molar-refractivity contribution in [3.05, 3.63) is 71.7 Å². The second-order valence-corrected chi connectivity index (χ2v) is 9.75. The molecule has 0 radical (unpaired) electrons. The van der Waals surface area contributed by atoms with E-state index in [0.29, 0.717) is 6.07 Å². The van der Waals surface area contributed by atoms with E-state index in [-0.39, 0.29) is 52.9 Å². The van der Waals surface area contributed by atoms with E-state index in [1.807, 2.05) is 0 Å². The number of nitrogen functional groups attached to an aromatic ring is 1. The zero-order chi connectivity index (χ0) is 31.1. The number of benzene rings is 1. The van der Waals surface area contributed by atoms with Crippen LogP contribution in [-0.2, 0) is 15.7 Å². The van der Waals surface area contributed by atoms with Crippen molar-refractivity contribution in [2.45, 2.75) is 31.3 Å². The smallest absolute Gasteiger partial charge is 0.394 e. The number of ether oxygens (including phenoxy) is 1. The molecule has 1 aliphatic rings. The topological polar surface area (TPSA) is 168 Å². The Hall–Kier alpha value is -4.67. The molecule has 226 valence electrons. The first-order valence-electron chi connectivity index (χ1n) is 12.9. The zero-order valence-electron chi connectivity index (χ0n) is 22.4. The maximum atomic E-state index is 15.5. The van der Waals surface area contributed by atoms with Crippen LogP contribution in [0.1, 0.15) is 34.8 Å². The first kappa shape index (κ1) is 29.8. The van der Waals surface area contributed by atoms with Crippen molar-refractivity contribution >= 4 is 29.0 Å². The van der Waals surface area contributed by atoms with Crippen LogP contribution >= 0.6 is 0 Å². The van der Waals surface area contributed by atoms with E-state index in [9.17, 15) is 33.0 Å². The minimum Gasteiger partial charge on any atom is -0.394 e. The van der Waals surface area contributed by atoms with Gasteiger partial charge in [0, 0.05) is 29.7 Å². The molecule has 0 saturated carbocycles. The van der Waals surface area contributed by atoms with Gasteiger partial charge in [-0.2, -0.15) is 13.2 Å². The Morgan fingerprint density at radius 3 is 2.65 bits per heavy atom. The molecule has 16 heteroatoms. The molecular formula is C27H25F4N7O5. The van der Waals surface area contributed by atoms with E-state index >= 15 is 4.39 Å². The Labute approximate surface area is 240 Å². The summed E-state index contributed by atoms with van der Waals surface area (Å²) in [6.45, 7) is 0.758. The van der Waals surface area contributed by atoms with Gasteiger partial charge in [-0.3, -0.25) is 14.0 Å². The number of amides is 2. The quantitative estimate of drug-likeness (QED) is 0.242. The van der Waals surface area contributed by atoms with E-state index in [0.717, 1.165) is 18.3 Å². The Bertz CT molecular complexity index is 1690. The number of nitrogens with one attached hydrogen (secondary N) is 1. The predicted octanol–water partition coefficient (Wildman–Crippen LogP) is 2.43. The largest absolute Gasteiger partial charge is 0.416 e. The van der Waals surface area contributed by atoms with Gasteiger partial charge >= 0.3 is 6.18 Å². The van der Waals surface area contributed by atoms with Crippen LogP contribution in [0.15, 0.2) is 48.9 Å². The number of morpholine rings is 1. The average Bonchev–Trinajstić information content (AvgIpc) is 3.36. The minimum absolute atomic E-state index is 0.00551. The van der Waals surface area contributed by atoms with Gasteiger partial charge < -0.3 is 30.9 Å². The summed E-state index contributed by atoms with van der Waals surface area (Å²) >= 11 is 0. The van der Waals surface area contributed by atoms with Crippen molar-refractivity contribution in [1.29, 1.82) is 0 Å². The Balaban J connectivity index is 1.47. The molecule has 0 spiro atoms. The molecule has 43 heavy (non-hydrogen) atoms. The number of rotatable bonds is 6. The molecule has 0 bridgehead atoms. The second kappa shape index (κ2) is 11.5. The fraction of sp³-hybridized carbons (Fsp3) is 0.296. The monoisotopic (exact) mass is 603 g/mol. The Morgan fingerprint density at radius 2 is 1.98 bits per heavy atom. The summed E-state index contributed by atoms with van der Waals surface area (Å²) in [6, 6.07) is 4.11. The molecule has 1 fully saturated rings. The summed E-state index contributed by atoms with van der Waals surface area (Å²) in [5, 5.41) is 21.8. The van der Waals surface area contributed by atoms with Crippen LogP contribution in [0.2, 0.25) is 0 Å². The van der Waals surface area contributed by atoms with Gasteiger partial charge in [-0.25, -0.2) is 19.3 Å². The van der Waals surface area contributed by atoms with Crippen LogP contribution in [0.3, 0.4) is 0 Å². The van der Waals surface area contributed by atoms with Gasteiger partial charge in [0.25, 0.3) is 11.8 Å². The standard InChI is InChI=1S/C27H25F4N7O5/c1-13(40)26(42)38-10-19(43-12-16(38)11-39)24-36-21(22-23(32)34-6-7-37(22)24)17-3-2-14(8-18(17)28)25(41)35-20-9-15(4-5-33-20)27(29,30)31/h2-9,13,16,19,39-40H,10-12H2,1H3,(H2,32,34)(H,33,35,41)/t13-,16+,19+/m0/s1. The van der Waals surface area contributed by atoms with Crippen LogP contribution in [0.4, 0.5) is 29.2 Å². The van der Waals surface area contributed by atoms with Crippen molar-refractivity contribution in [3.8, 4) is 11.3 Å². The molecule has 4 aromatic rings. The highest BCUT2D eigenvalue weighted by Crippen LogP contribution is 2.35. The number of nitrogens with two attached hydrogens (primary N) is 1. The van der Waals surface area contributed by atoms with Crippen LogP contribution in [0.25, 0.3) is 16.8 Å². The number of carbonyl (C=O) groups excluding carboxylic acids is 2. The first-order valence-corrected chi connectivity index (χ1v) is 12.9. The molecular weight excluding hydrogens is 578 g/mol. The van der Waals surface area contributed by atoms with Gasteiger partial charge in [-0.15, -0.1) is 0 Å². The van der Waals surface area contributed by atoms with Crippen molar-refractivity contribution in [1.82, 2.24) is 24.3 Å². The normalized spacial score (nSPS) is 18.1. The number of aliphatic hydroxyl groups is 2. The van der Waals surface area contributed by atoms with Gasteiger partial charge in [0.2, 0.25) is 0 Å². The van der Waals surface area contributed by atoms with E-state index in [4.69, 9.17) is 10.5 Å². The molecule has 1 aliphatic heterocycles. The summed E-state index contributed by atoms with van der Waals surface area (Å²) in [7, 11) is 0. The lowest BCUT2D eigenvalue weighted by molar-refractivity contribution is -0.156. The van der Waals surface area contributed by atoms with Gasteiger partial charge in [-0.05, 0) is 37.3 Å². The Morgan fingerprint density at radius 1 is 1.21 bits per heavy atom. The highest BCUT2D eigenvalue weighted by atomic mass is 19.4. The second-order valence-electron chi connectivity index (χ2n) is 9.75.